The molecule has 2 heterocycles. The first-order valence-corrected chi connectivity index (χ1v) is 7.58. The molecule has 4 heteroatoms. The number of nitrogens with one attached hydrogen (secondary N) is 1. The Kier molecular flexibility index (Phi) is 4.86. The van der Waals surface area contributed by atoms with Gasteiger partial charge in [-0.3, -0.25) is 4.68 Å². The Balaban J connectivity index is 2.04. The number of rotatable bonds is 4. The summed E-state index contributed by atoms with van der Waals surface area (Å²) < 4.78 is 2.05. The van der Waals surface area contributed by atoms with E-state index in [4.69, 9.17) is 0 Å². The zero-order valence-electron chi connectivity index (χ0n) is 12.8. The van der Waals surface area contributed by atoms with Crippen LogP contribution >= 0.6 is 0 Å². The molecule has 0 aromatic carbocycles. The standard InChI is InChI=1S/C15H28N4/c1-12(2)8-14-10-18(7-5-6-16-14)15-9-17-19(11-15)13(3)4/h9,11-14,16H,5-8,10H2,1-4H3. The van der Waals surface area contributed by atoms with E-state index in [1.54, 1.807) is 0 Å². The van der Waals surface area contributed by atoms with Crippen LogP contribution in [-0.4, -0.2) is 35.5 Å². The van der Waals surface area contributed by atoms with E-state index in [1.807, 2.05) is 10.9 Å². The van der Waals surface area contributed by atoms with E-state index in [9.17, 15) is 0 Å². The smallest absolute Gasteiger partial charge is 0.0753 e. The molecule has 0 saturated carbocycles. The maximum atomic E-state index is 4.46. The average molecular weight is 264 g/mol. The molecule has 1 aliphatic rings. The molecule has 4 nitrogen and oxygen atoms in total. The van der Waals surface area contributed by atoms with E-state index in [0.717, 1.165) is 25.6 Å². The highest BCUT2D eigenvalue weighted by Gasteiger charge is 2.19. The number of hydrogen-bond acceptors (Lipinski definition) is 3. The fourth-order valence-corrected chi connectivity index (χ4v) is 2.73. The molecule has 1 N–H and O–H groups in total. The van der Waals surface area contributed by atoms with Gasteiger partial charge in [0.2, 0.25) is 0 Å². The quantitative estimate of drug-likeness (QED) is 0.907. The van der Waals surface area contributed by atoms with Crippen LogP contribution < -0.4 is 10.2 Å². The van der Waals surface area contributed by atoms with E-state index < -0.39 is 0 Å². The fraction of sp³-hybridized carbons (Fsp3) is 0.800. The van der Waals surface area contributed by atoms with Crippen LogP contribution in [0.15, 0.2) is 12.4 Å². The minimum atomic E-state index is 0.435. The maximum Gasteiger partial charge on any atom is 0.0753 e. The van der Waals surface area contributed by atoms with Crippen molar-refractivity contribution in [3.05, 3.63) is 12.4 Å². The first-order chi connectivity index (χ1) is 9.06. The number of nitrogens with zero attached hydrogens (tertiary/aromatic N) is 3. The van der Waals surface area contributed by atoms with E-state index >= 15 is 0 Å². The van der Waals surface area contributed by atoms with Crippen molar-refractivity contribution in [2.75, 3.05) is 24.5 Å². The van der Waals surface area contributed by atoms with Gasteiger partial charge in [0.1, 0.15) is 0 Å². The van der Waals surface area contributed by atoms with Gasteiger partial charge in [0.15, 0.2) is 0 Å². The van der Waals surface area contributed by atoms with E-state index in [-0.39, 0.29) is 0 Å². The summed E-state index contributed by atoms with van der Waals surface area (Å²) in [5, 5.41) is 8.14. The Morgan fingerprint density at radius 1 is 1.37 bits per heavy atom. The summed E-state index contributed by atoms with van der Waals surface area (Å²) in [6, 6.07) is 1.04. The molecule has 1 atom stereocenters. The van der Waals surface area contributed by atoms with Crippen LogP contribution in [-0.2, 0) is 0 Å². The minimum absolute atomic E-state index is 0.435. The summed E-state index contributed by atoms with van der Waals surface area (Å²) in [4.78, 5) is 2.49. The van der Waals surface area contributed by atoms with Gasteiger partial charge in [-0.25, -0.2) is 0 Å². The van der Waals surface area contributed by atoms with Crippen LogP contribution in [0.2, 0.25) is 0 Å². The molecule has 0 amide bonds. The molecule has 0 spiro atoms. The van der Waals surface area contributed by atoms with Gasteiger partial charge in [0, 0.05) is 31.4 Å². The Hall–Kier alpha value is -1.03. The Labute approximate surface area is 117 Å². The molecule has 1 aromatic rings. The normalized spacial score (nSPS) is 21.2. The van der Waals surface area contributed by atoms with Gasteiger partial charge in [-0.1, -0.05) is 13.8 Å². The molecule has 1 fully saturated rings. The minimum Gasteiger partial charge on any atom is -0.367 e. The van der Waals surface area contributed by atoms with Crippen molar-refractivity contribution in [2.45, 2.75) is 52.6 Å². The van der Waals surface area contributed by atoms with Crippen LogP contribution in [0.4, 0.5) is 5.69 Å². The molecule has 0 aliphatic carbocycles. The van der Waals surface area contributed by atoms with Crippen LogP contribution in [0.5, 0.6) is 0 Å². The van der Waals surface area contributed by atoms with E-state index in [1.165, 1.54) is 18.5 Å². The summed E-state index contributed by atoms with van der Waals surface area (Å²) in [7, 11) is 0. The lowest BCUT2D eigenvalue weighted by molar-refractivity contribution is 0.436. The highest BCUT2D eigenvalue weighted by Crippen LogP contribution is 2.19. The van der Waals surface area contributed by atoms with E-state index in [0.29, 0.717) is 12.1 Å². The topological polar surface area (TPSA) is 33.1 Å². The zero-order valence-corrected chi connectivity index (χ0v) is 12.8. The largest absolute Gasteiger partial charge is 0.367 e. The van der Waals surface area contributed by atoms with Crippen molar-refractivity contribution < 1.29 is 0 Å². The van der Waals surface area contributed by atoms with Crippen LogP contribution in [0, 0.1) is 5.92 Å². The van der Waals surface area contributed by atoms with Gasteiger partial charge in [0.25, 0.3) is 0 Å². The number of aromatic nitrogens is 2. The van der Waals surface area contributed by atoms with Crippen molar-refractivity contribution in [3.63, 3.8) is 0 Å². The highest BCUT2D eigenvalue weighted by atomic mass is 15.3. The molecular weight excluding hydrogens is 236 g/mol. The molecule has 1 saturated heterocycles. The van der Waals surface area contributed by atoms with Crippen molar-refractivity contribution in [1.82, 2.24) is 15.1 Å². The Morgan fingerprint density at radius 3 is 2.79 bits per heavy atom. The van der Waals surface area contributed by atoms with Crippen molar-refractivity contribution in [1.29, 1.82) is 0 Å². The second kappa shape index (κ2) is 6.42. The van der Waals surface area contributed by atoms with Gasteiger partial charge >= 0.3 is 0 Å². The lowest BCUT2D eigenvalue weighted by atomic mass is 10.0. The first-order valence-electron chi connectivity index (χ1n) is 7.58. The molecule has 1 unspecified atom stereocenters. The molecule has 1 aromatic heterocycles. The summed E-state index contributed by atoms with van der Waals surface area (Å²) in [6.07, 6.45) is 6.65. The number of hydrogen-bond donors (Lipinski definition) is 1. The van der Waals surface area contributed by atoms with Gasteiger partial charge in [-0.15, -0.1) is 0 Å². The molecular formula is C15H28N4. The van der Waals surface area contributed by atoms with Crippen LogP contribution in [0.25, 0.3) is 0 Å². The molecule has 1 aliphatic heterocycles. The van der Waals surface area contributed by atoms with Gasteiger partial charge < -0.3 is 10.2 Å². The van der Waals surface area contributed by atoms with Crippen LogP contribution in [0.1, 0.15) is 46.6 Å². The van der Waals surface area contributed by atoms with Crippen molar-refractivity contribution in [3.8, 4) is 0 Å². The highest BCUT2D eigenvalue weighted by molar-refractivity contribution is 5.42. The van der Waals surface area contributed by atoms with Crippen molar-refractivity contribution in [2.24, 2.45) is 5.92 Å². The van der Waals surface area contributed by atoms with Gasteiger partial charge in [-0.2, -0.15) is 5.10 Å². The second-order valence-corrected chi connectivity index (χ2v) is 6.35. The summed E-state index contributed by atoms with van der Waals surface area (Å²) in [6.45, 7) is 12.3. The third-order valence-corrected chi connectivity index (χ3v) is 3.72. The van der Waals surface area contributed by atoms with Gasteiger partial charge in [0.05, 0.1) is 11.9 Å². The monoisotopic (exact) mass is 264 g/mol. The predicted octanol–water partition coefficient (Wildman–Crippen LogP) is 2.68. The SMILES string of the molecule is CC(C)CC1CN(c2cnn(C(C)C)c2)CCCN1. The van der Waals surface area contributed by atoms with Crippen molar-refractivity contribution >= 4 is 5.69 Å². The Bertz CT molecular complexity index is 383. The first kappa shape index (κ1) is 14.4. The summed E-state index contributed by atoms with van der Waals surface area (Å²) in [5.74, 6) is 0.746. The fourth-order valence-electron chi connectivity index (χ4n) is 2.73. The van der Waals surface area contributed by atoms with E-state index in [2.05, 4.69) is 49.2 Å². The summed E-state index contributed by atoms with van der Waals surface area (Å²) >= 11 is 0. The molecule has 0 radical (unpaired) electrons. The predicted molar refractivity (Wildman–Crippen MR) is 80.7 cm³/mol. The Morgan fingerprint density at radius 2 is 2.16 bits per heavy atom. The molecule has 2 rings (SSSR count). The molecule has 19 heavy (non-hydrogen) atoms. The lowest BCUT2D eigenvalue weighted by Gasteiger charge is -2.26. The maximum absolute atomic E-state index is 4.46. The third kappa shape index (κ3) is 3.96. The molecule has 108 valence electrons. The zero-order chi connectivity index (χ0) is 13.8. The third-order valence-electron chi connectivity index (χ3n) is 3.72. The second-order valence-electron chi connectivity index (χ2n) is 6.35. The van der Waals surface area contributed by atoms with Crippen LogP contribution in [0.3, 0.4) is 0 Å². The lowest BCUT2D eigenvalue weighted by Crippen LogP contribution is -2.38. The average Bonchev–Trinajstić information content (AvgIpc) is 2.71. The number of anilines is 1. The summed E-state index contributed by atoms with van der Waals surface area (Å²) in [5.41, 5.74) is 1.27. The molecule has 0 bridgehead atoms. The van der Waals surface area contributed by atoms with Gasteiger partial charge in [-0.05, 0) is 39.2 Å².